The molecule has 1 aliphatic heterocycles. The standard InChI is InChI=1S/C25H25N3O/c1-19-13-15-23(16-14-19)25-27(17-21-9-5-3-6-10-21)18-24(29)28(25)26-20(2)22-11-7-4-8-12-22/h3-16,25H,17-18H2,1-2H3/b26-20-/t25-/m0/s1. The molecule has 1 amide bonds. The van der Waals surface area contributed by atoms with Gasteiger partial charge in [-0.25, -0.2) is 5.01 Å². The Kier molecular flexibility index (Phi) is 5.54. The minimum Gasteiger partial charge on any atom is -0.271 e. The molecule has 1 saturated heterocycles. The van der Waals surface area contributed by atoms with Crippen molar-refractivity contribution in [2.24, 2.45) is 5.10 Å². The maximum Gasteiger partial charge on any atom is 0.258 e. The third-order valence-electron chi connectivity index (χ3n) is 5.22. The molecule has 0 aliphatic carbocycles. The number of hydrazone groups is 1. The average molecular weight is 383 g/mol. The minimum atomic E-state index is -0.220. The number of aryl methyl sites for hydroxylation is 1. The second-order valence-corrected chi connectivity index (χ2v) is 7.46. The fourth-order valence-electron chi connectivity index (χ4n) is 3.68. The zero-order valence-corrected chi connectivity index (χ0v) is 16.8. The van der Waals surface area contributed by atoms with Gasteiger partial charge in [-0.3, -0.25) is 9.69 Å². The Bertz CT molecular complexity index is 997. The summed E-state index contributed by atoms with van der Waals surface area (Å²) < 4.78 is 0. The SMILES string of the molecule is C/C(=N/N1C(=O)CN(Cc2ccccc2)[C@@H]1c1ccc(C)cc1)c1ccccc1. The van der Waals surface area contributed by atoms with E-state index in [1.165, 1.54) is 11.1 Å². The van der Waals surface area contributed by atoms with Crippen LogP contribution in [0, 0.1) is 6.92 Å². The van der Waals surface area contributed by atoms with Crippen LogP contribution in [0.25, 0.3) is 0 Å². The van der Waals surface area contributed by atoms with Crippen LogP contribution in [0.1, 0.15) is 35.3 Å². The van der Waals surface area contributed by atoms with Crippen LogP contribution in [-0.2, 0) is 11.3 Å². The molecule has 3 aromatic rings. The predicted octanol–water partition coefficient (Wildman–Crippen LogP) is 4.76. The van der Waals surface area contributed by atoms with Gasteiger partial charge in [-0.1, -0.05) is 90.5 Å². The van der Waals surface area contributed by atoms with Crippen molar-refractivity contribution in [3.05, 3.63) is 107 Å². The summed E-state index contributed by atoms with van der Waals surface area (Å²) in [4.78, 5) is 15.2. The number of benzene rings is 3. The van der Waals surface area contributed by atoms with E-state index in [0.29, 0.717) is 13.1 Å². The molecule has 0 unspecified atom stereocenters. The third-order valence-corrected chi connectivity index (χ3v) is 5.22. The average Bonchev–Trinajstić information content (AvgIpc) is 3.04. The zero-order valence-electron chi connectivity index (χ0n) is 16.8. The van der Waals surface area contributed by atoms with Crippen molar-refractivity contribution in [1.82, 2.24) is 9.91 Å². The maximum absolute atomic E-state index is 13.0. The van der Waals surface area contributed by atoms with Gasteiger partial charge >= 0.3 is 0 Å². The molecule has 1 atom stereocenters. The molecule has 4 nitrogen and oxygen atoms in total. The van der Waals surface area contributed by atoms with Crippen molar-refractivity contribution in [1.29, 1.82) is 0 Å². The highest BCUT2D eigenvalue weighted by Crippen LogP contribution is 2.33. The van der Waals surface area contributed by atoms with Crippen molar-refractivity contribution < 1.29 is 4.79 Å². The van der Waals surface area contributed by atoms with Gasteiger partial charge in [0.15, 0.2) is 0 Å². The second-order valence-electron chi connectivity index (χ2n) is 7.46. The molecule has 0 saturated carbocycles. The van der Waals surface area contributed by atoms with Crippen molar-refractivity contribution in [3.63, 3.8) is 0 Å². The number of amides is 1. The molecule has 3 aromatic carbocycles. The van der Waals surface area contributed by atoms with Gasteiger partial charge in [-0.2, -0.15) is 5.10 Å². The second kappa shape index (κ2) is 8.41. The van der Waals surface area contributed by atoms with Crippen LogP contribution < -0.4 is 0 Å². The Morgan fingerprint density at radius 3 is 2.21 bits per heavy atom. The van der Waals surface area contributed by atoms with Gasteiger partial charge in [0.2, 0.25) is 0 Å². The Labute approximate surface area is 172 Å². The molecule has 0 bridgehead atoms. The topological polar surface area (TPSA) is 35.9 Å². The third kappa shape index (κ3) is 4.28. The first-order chi connectivity index (χ1) is 14.1. The number of carbonyl (C=O) groups is 1. The van der Waals surface area contributed by atoms with E-state index in [9.17, 15) is 4.79 Å². The minimum absolute atomic E-state index is 0.0155. The van der Waals surface area contributed by atoms with Crippen LogP contribution >= 0.6 is 0 Å². The Morgan fingerprint density at radius 1 is 0.931 bits per heavy atom. The predicted molar refractivity (Wildman–Crippen MR) is 116 cm³/mol. The van der Waals surface area contributed by atoms with Crippen LogP contribution in [-0.4, -0.2) is 28.1 Å². The summed E-state index contributed by atoms with van der Waals surface area (Å²) in [6.45, 7) is 5.07. The Balaban J connectivity index is 1.70. The van der Waals surface area contributed by atoms with Gasteiger partial charge in [0, 0.05) is 6.54 Å². The summed E-state index contributed by atoms with van der Waals surface area (Å²) in [7, 11) is 0. The summed E-state index contributed by atoms with van der Waals surface area (Å²) in [5.74, 6) is 0.0155. The van der Waals surface area contributed by atoms with E-state index < -0.39 is 0 Å². The van der Waals surface area contributed by atoms with E-state index >= 15 is 0 Å². The molecule has 1 fully saturated rings. The van der Waals surface area contributed by atoms with Crippen molar-refractivity contribution in [2.75, 3.05) is 6.54 Å². The van der Waals surface area contributed by atoms with E-state index in [4.69, 9.17) is 5.10 Å². The molecular weight excluding hydrogens is 358 g/mol. The lowest BCUT2D eigenvalue weighted by Gasteiger charge is -2.28. The van der Waals surface area contributed by atoms with Crippen LogP contribution in [0.3, 0.4) is 0 Å². The monoisotopic (exact) mass is 383 g/mol. The van der Waals surface area contributed by atoms with E-state index in [1.807, 2.05) is 55.5 Å². The first-order valence-corrected chi connectivity index (χ1v) is 9.89. The number of carbonyl (C=O) groups excluding carboxylic acids is 1. The first kappa shape index (κ1) is 19.1. The summed E-state index contributed by atoms with van der Waals surface area (Å²) in [6.07, 6.45) is -0.220. The highest BCUT2D eigenvalue weighted by Gasteiger charge is 2.39. The van der Waals surface area contributed by atoms with Gasteiger partial charge in [-0.15, -0.1) is 0 Å². The summed E-state index contributed by atoms with van der Waals surface area (Å²) in [5, 5.41) is 6.41. The molecular formula is C25H25N3O. The molecule has 0 N–H and O–H groups in total. The van der Waals surface area contributed by atoms with Gasteiger partial charge in [0.05, 0.1) is 12.3 Å². The maximum atomic E-state index is 13.0. The number of hydrogen-bond donors (Lipinski definition) is 0. The van der Waals surface area contributed by atoms with E-state index in [2.05, 4.69) is 48.2 Å². The van der Waals surface area contributed by atoms with Crippen LogP contribution in [0.2, 0.25) is 0 Å². The molecule has 4 rings (SSSR count). The Morgan fingerprint density at radius 2 is 1.55 bits per heavy atom. The van der Waals surface area contributed by atoms with Crippen LogP contribution in [0.15, 0.2) is 90.0 Å². The molecule has 0 radical (unpaired) electrons. The van der Waals surface area contributed by atoms with Gasteiger partial charge < -0.3 is 0 Å². The largest absolute Gasteiger partial charge is 0.271 e. The lowest BCUT2D eigenvalue weighted by atomic mass is 10.1. The number of nitrogens with zero attached hydrogens (tertiary/aromatic N) is 3. The molecule has 1 heterocycles. The quantitative estimate of drug-likeness (QED) is 0.596. The van der Waals surface area contributed by atoms with E-state index in [0.717, 1.165) is 16.8 Å². The number of hydrogen-bond acceptors (Lipinski definition) is 3. The molecule has 146 valence electrons. The molecule has 0 aromatic heterocycles. The molecule has 4 heteroatoms. The summed E-state index contributed by atoms with van der Waals surface area (Å²) in [5.41, 5.74) is 5.30. The van der Waals surface area contributed by atoms with Gasteiger partial charge in [-0.05, 0) is 30.5 Å². The van der Waals surface area contributed by atoms with Crippen LogP contribution in [0.4, 0.5) is 0 Å². The Hall–Kier alpha value is -3.24. The van der Waals surface area contributed by atoms with Crippen molar-refractivity contribution in [2.45, 2.75) is 26.6 Å². The normalized spacial score (nSPS) is 17.7. The zero-order chi connectivity index (χ0) is 20.2. The summed E-state index contributed by atoms with van der Waals surface area (Å²) in [6, 6.07) is 28.6. The van der Waals surface area contributed by atoms with Gasteiger partial charge in [0.1, 0.15) is 6.17 Å². The van der Waals surface area contributed by atoms with Crippen molar-refractivity contribution >= 4 is 11.6 Å². The first-order valence-electron chi connectivity index (χ1n) is 9.89. The molecule has 0 spiro atoms. The lowest BCUT2D eigenvalue weighted by molar-refractivity contribution is -0.128. The highest BCUT2D eigenvalue weighted by atomic mass is 16.2. The fraction of sp³-hybridized carbons (Fsp3) is 0.200. The van der Waals surface area contributed by atoms with Crippen LogP contribution in [0.5, 0.6) is 0 Å². The fourth-order valence-corrected chi connectivity index (χ4v) is 3.68. The smallest absolute Gasteiger partial charge is 0.258 e. The summed E-state index contributed by atoms with van der Waals surface area (Å²) >= 11 is 0. The molecule has 29 heavy (non-hydrogen) atoms. The van der Waals surface area contributed by atoms with Crippen molar-refractivity contribution in [3.8, 4) is 0 Å². The number of rotatable bonds is 5. The lowest BCUT2D eigenvalue weighted by Crippen LogP contribution is -2.29. The van der Waals surface area contributed by atoms with Gasteiger partial charge in [0.25, 0.3) is 5.91 Å². The van der Waals surface area contributed by atoms with E-state index in [-0.39, 0.29) is 12.1 Å². The molecule has 1 aliphatic rings. The van der Waals surface area contributed by atoms with E-state index in [1.54, 1.807) is 5.01 Å². The highest BCUT2D eigenvalue weighted by molar-refractivity contribution is 5.99.